The van der Waals surface area contributed by atoms with Crippen molar-refractivity contribution >= 4 is 5.97 Å². The Hall–Kier alpha value is -1.27. The summed E-state index contributed by atoms with van der Waals surface area (Å²) in [5, 5.41) is 3.32. The molecule has 1 unspecified atom stereocenters. The van der Waals surface area contributed by atoms with Gasteiger partial charge in [-0.1, -0.05) is 26.7 Å². The lowest BCUT2D eigenvalue weighted by atomic mass is 9.77. The van der Waals surface area contributed by atoms with Crippen LogP contribution in [0.3, 0.4) is 0 Å². The number of esters is 1. The number of carbonyl (C=O) groups is 1. The van der Waals surface area contributed by atoms with Crippen LogP contribution in [0.4, 0.5) is 0 Å². The van der Waals surface area contributed by atoms with Crippen molar-refractivity contribution in [3.05, 3.63) is 12.5 Å². The summed E-state index contributed by atoms with van der Waals surface area (Å²) in [7, 11) is 0. The topological polar surface area (TPSA) is 66.0 Å². The van der Waals surface area contributed by atoms with Gasteiger partial charge in [-0.3, -0.25) is 4.79 Å². The van der Waals surface area contributed by atoms with Crippen molar-refractivity contribution in [2.24, 2.45) is 5.92 Å². The van der Waals surface area contributed by atoms with Crippen molar-refractivity contribution in [3.8, 4) is 0 Å². The number of hydrogen-bond acceptors (Lipinski definition) is 6. The SMILES string of the molecule is C=C1N[C@@H]2[C@@H](OCCCC)[C@H](OCCCC)[C@@H](C(C)OC(C)=O)C[C@@H]2O1. The summed E-state index contributed by atoms with van der Waals surface area (Å²) in [5.41, 5.74) is 0. The quantitative estimate of drug-likeness (QED) is 0.471. The van der Waals surface area contributed by atoms with E-state index in [4.69, 9.17) is 18.9 Å². The largest absolute Gasteiger partial charge is 0.474 e. The van der Waals surface area contributed by atoms with E-state index in [1.807, 2.05) is 6.92 Å². The van der Waals surface area contributed by atoms with Gasteiger partial charge in [-0.2, -0.15) is 0 Å². The summed E-state index contributed by atoms with van der Waals surface area (Å²) in [6, 6.07) is 0.0201. The average molecular weight is 370 g/mol. The van der Waals surface area contributed by atoms with E-state index in [9.17, 15) is 4.79 Å². The Morgan fingerprint density at radius 1 is 1.23 bits per heavy atom. The predicted octanol–water partition coefficient (Wildman–Crippen LogP) is 3.16. The minimum Gasteiger partial charge on any atom is -0.474 e. The molecule has 2 rings (SSSR count). The third-order valence-electron chi connectivity index (χ3n) is 5.20. The lowest BCUT2D eigenvalue weighted by molar-refractivity contribution is -0.176. The van der Waals surface area contributed by atoms with Crippen molar-refractivity contribution in [3.63, 3.8) is 0 Å². The molecular formula is C20H35NO5. The zero-order valence-corrected chi connectivity index (χ0v) is 16.7. The fourth-order valence-corrected chi connectivity index (χ4v) is 3.86. The maximum Gasteiger partial charge on any atom is 0.302 e. The second kappa shape index (κ2) is 10.2. The molecule has 1 aliphatic carbocycles. The number of carbonyl (C=O) groups excluding carboxylic acids is 1. The van der Waals surface area contributed by atoms with Crippen molar-refractivity contribution < 1.29 is 23.7 Å². The van der Waals surface area contributed by atoms with E-state index in [0.717, 1.165) is 32.1 Å². The van der Waals surface area contributed by atoms with Gasteiger partial charge in [0.25, 0.3) is 0 Å². The highest BCUT2D eigenvalue weighted by Gasteiger charge is 2.52. The molecule has 26 heavy (non-hydrogen) atoms. The average Bonchev–Trinajstić information content (AvgIpc) is 2.95. The molecule has 6 nitrogen and oxygen atoms in total. The van der Waals surface area contributed by atoms with E-state index < -0.39 is 0 Å². The second-order valence-corrected chi connectivity index (χ2v) is 7.34. The highest BCUT2D eigenvalue weighted by Crippen LogP contribution is 2.38. The van der Waals surface area contributed by atoms with Gasteiger partial charge in [-0.25, -0.2) is 0 Å². The molecule has 1 aliphatic heterocycles. The molecule has 6 heteroatoms. The molecule has 6 atom stereocenters. The lowest BCUT2D eigenvalue weighted by Gasteiger charge is -2.44. The van der Waals surface area contributed by atoms with E-state index in [1.54, 1.807) is 0 Å². The van der Waals surface area contributed by atoms with Crippen LogP contribution < -0.4 is 5.32 Å². The molecule has 2 aliphatic rings. The second-order valence-electron chi connectivity index (χ2n) is 7.34. The first-order valence-corrected chi connectivity index (χ1v) is 10.00. The third-order valence-corrected chi connectivity index (χ3v) is 5.20. The Balaban J connectivity index is 2.19. The standard InChI is InChI=1S/C20H35NO5/c1-6-8-10-23-19-16(13(3)25-15(5)22)12-17-18(21-14(4)26-17)20(19)24-11-9-7-2/h13,16-21H,4,6-12H2,1-3,5H3/t13?,16-,17+,18+,19-,20-/m1/s1. The smallest absolute Gasteiger partial charge is 0.302 e. The zero-order chi connectivity index (χ0) is 19.1. The van der Waals surface area contributed by atoms with Gasteiger partial charge in [0.05, 0.1) is 12.1 Å². The monoisotopic (exact) mass is 369 g/mol. The summed E-state index contributed by atoms with van der Waals surface area (Å²) >= 11 is 0. The third kappa shape index (κ3) is 5.36. The van der Waals surface area contributed by atoms with Gasteiger partial charge in [0.1, 0.15) is 18.3 Å². The summed E-state index contributed by atoms with van der Waals surface area (Å²) in [4.78, 5) is 11.5. The van der Waals surface area contributed by atoms with Gasteiger partial charge in [-0.05, 0) is 32.8 Å². The van der Waals surface area contributed by atoms with Crippen LogP contribution in [-0.4, -0.2) is 49.6 Å². The molecule has 0 aromatic carbocycles. The molecule has 0 aromatic rings. The number of fused-ring (bicyclic) bond motifs is 1. The Kier molecular flexibility index (Phi) is 8.22. The van der Waals surface area contributed by atoms with Crippen LogP contribution in [-0.2, 0) is 23.7 Å². The summed E-state index contributed by atoms with van der Waals surface area (Å²) in [6.07, 6.45) is 4.30. The van der Waals surface area contributed by atoms with E-state index in [0.29, 0.717) is 19.1 Å². The maximum absolute atomic E-state index is 11.5. The Labute approximate surface area is 157 Å². The van der Waals surface area contributed by atoms with Crippen molar-refractivity contribution in [1.29, 1.82) is 0 Å². The summed E-state index contributed by atoms with van der Waals surface area (Å²) < 4.78 is 23.9. The maximum atomic E-state index is 11.5. The van der Waals surface area contributed by atoms with Crippen molar-refractivity contribution in [2.45, 2.75) is 90.3 Å². The van der Waals surface area contributed by atoms with E-state index >= 15 is 0 Å². The fraction of sp³-hybridized carbons (Fsp3) is 0.850. The van der Waals surface area contributed by atoms with Crippen molar-refractivity contribution in [2.75, 3.05) is 13.2 Å². The Bertz CT molecular complexity index is 469. The van der Waals surface area contributed by atoms with Crippen LogP contribution in [0.15, 0.2) is 12.5 Å². The van der Waals surface area contributed by atoms with Crippen LogP contribution in [0.1, 0.15) is 59.8 Å². The van der Waals surface area contributed by atoms with Gasteiger partial charge in [0.2, 0.25) is 0 Å². The first-order valence-electron chi connectivity index (χ1n) is 10.00. The molecule has 0 aromatic heterocycles. The number of nitrogens with one attached hydrogen (secondary N) is 1. The molecule has 1 saturated carbocycles. The molecule has 1 heterocycles. The minimum absolute atomic E-state index is 0.0201. The van der Waals surface area contributed by atoms with Crippen LogP contribution in [0.5, 0.6) is 0 Å². The number of rotatable bonds is 10. The van der Waals surface area contributed by atoms with Crippen molar-refractivity contribution in [1.82, 2.24) is 5.32 Å². The molecule has 0 radical (unpaired) electrons. The zero-order valence-electron chi connectivity index (χ0n) is 16.7. The van der Waals surface area contributed by atoms with E-state index in [2.05, 4.69) is 25.7 Å². The van der Waals surface area contributed by atoms with Crippen LogP contribution >= 0.6 is 0 Å². The molecule has 2 fully saturated rings. The minimum atomic E-state index is -0.273. The normalized spacial score (nSPS) is 31.7. The number of ether oxygens (including phenoxy) is 4. The lowest BCUT2D eigenvalue weighted by Crippen LogP contribution is -2.60. The molecule has 150 valence electrons. The number of unbranched alkanes of at least 4 members (excludes halogenated alkanes) is 2. The van der Waals surface area contributed by atoms with Gasteiger partial charge in [-0.15, -0.1) is 0 Å². The van der Waals surface area contributed by atoms with Gasteiger partial charge in [0.15, 0.2) is 5.88 Å². The highest BCUT2D eigenvalue weighted by atomic mass is 16.6. The molecule has 0 spiro atoms. The first kappa shape index (κ1) is 21.0. The first-order chi connectivity index (χ1) is 12.5. The van der Waals surface area contributed by atoms with E-state index in [1.165, 1.54) is 6.92 Å². The van der Waals surface area contributed by atoms with Crippen LogP contribution in [0.2, 0.25) is 0 Å². The predicted molar refractivity (Wildman–Crippen MR) is 99.6 cm³/mol. The molecular weight excluding hydrogens is 334 g/mol. The summed E-state index contributed by atoms with van der Waals surface area (Å²) in [5.74, 6) is 0.332. The Morgan fingerprint density at radius 3 is 2.42 bits per heavy atom. The van der Waals surface area contributed by atoms with Crippen LogP contribution in [0, 0.1) is 5.92 Å². The van der Waals surface area contributed by atoms with Gasteiger partial charge in [0, 0.05) is 26.1 Å². The molecule has 1 saturated heterocycles. The molecule has 0 bridgehead atoms. The van der Waals surface area contributed by atoms with Gasteiger partial charge < -0.3 is 24.3 Å². The van der Waals surface area contributed by atoms with Gasteiger partial charge >= 0.3 is 5.97 Å². The van der Waals surface area contributed by atoms with E-state index in [-0.39, 0.29) is 42.3 Å². The Morgan fingerprint density at radius 2 is 1.85 bits per heavy atom. The number of hydrogen-bond donors (Lipinski definition) is 1. The highest BCUT2D eigenvalue weighted by molar-refractivity contribution is 5.66. The summed E-state index contributed by atoms with van der Waals surface area (Å²) in [6.45, 7) is 12.9. The molecule has 1 N–H and O–H groups in total. The fourth-order valence-electron chi connectivity index (χ4n) is 3.86. The molecule has 0 amide bonds. The van der Waals surface area contributed by atoms with Crippen LogP contribution in [0.25, 0.3) is 0 Å².